The summed E-state index contributed by atoms with van der Waals surface area (Å²) in [7, 11) is -3.60. The van der Waals surface area contributed by atoms with Crippen LogP contribution < -0.4 is 4.72 Å². The fourth-order valence-electron chi connectivity index (χ4n) is 4.44. The Balaban J connectivity index is 1.43. The van der Waals surface area contributed by atoms with Gasteiger partial charge in [0, 0.05) is 51.2 Å². The van der Waals surface area contributed by atoms with Gasteiger partial charge >= 0.3 is 6.09 Å². The fourth-order valence-corrected chi connectivity index (χ4v) is 5.89. The highest BCUT2D eigenvalue weighted by atomic mass is 32.2. The molecule has 0 aromatic rings. The lowest BCUT2D eigenvalue weighted by atomic mass is 9.87. The maximum atomic E-state index is 12.7. The third-order valence-electron chi connectivity index (χ3n) is 6.18. The van der Waals surface area contributed by atoms with E-state index >= 15 is 0 Å². The number of carbonyl (C=O) groups excluding carboxylic acids is 2. The second-order valence-corrected chi connectivity index (χ2v) is 9.84. The van der Waals surface area contributed by atoms with Gasteiger partial charge in [0.25, 0.3) is 10.2 Å². The molecule has 2 saturated heterocycles. The molecule has 2 amide bonds. The van der Waals surface area contributed by atoms with E-state index in [2.05, 4.69) is 4.72 Å². The van der Waals surface area contributed by atoms with Gasteiger partial charge in [0.05, 0.1) is 6.61 Å². The van der Waals surface area contributed by atoms with E-state index < -0.39 is 16.3 Å². The van der Waals surface area contributed by atoms with Crippen LogP contribution in [-0.4, -0.2) is 86.4 Å². The first-order valence-corrected chi connectivity index (χ1v) is 12.3. The molecule has 166 valence electrons. The Morgan fingerprint density at radius 3 is 2.10 bits per heavy atom. The van der Waals surface area contributed by atoms with Crippen molar-refractivity contribution < 1.29 is 22.7 Å². The molecule has 29 heavy (non-hydrogen) atoms. The monoisotopic (exact) mass is 430 g/mol. The minimum Gasteiger partial charge on any atom is -0.450 e. The van der Waals surface area contributed by atoms with Crippen molar-refractivity contribution in [2.45, 2.75) is 57.9 Å². The first-order valence-electron chi connectivity index (χ1n) is 10.9. The molecule has 2 aliphatic heterocycles. The van der Waals surface area contributed by atoms with Crippen LogP contribution >= 0.6 is 0 Å². The number of carbonyl (C=O) groups is 2. The maximum Gasteiger partial charge on any atom is 0.409 e. The van der Waals surface area contributed by atoms with Gasteiger partial charge in [-0.25, -0.2) is 4.79 Å². The quantitative estimate of drug-likeness (QED) is 0.706. The highest BCUT2D eigenvalue weighted by molar-refractivity contribution is 7.87. The number of nitrogens with one attached hydrogen (secondary N) is 1. The Kier molecular flexibility index (Phi) is 7.75. The van der Waals surface area contributed by atoms with E-state index in [1.165, 1.54) is 15.6 Å². The molecule has 10 heteroatoms. The second kappa shape index (κ2) is 10.1. The Morgan fingerprint density at radius 2 is 1.52 bits per heavy atom. The van der Waals surface area contributed by atoms with Crippen LogP contribution in [0.2, 0.25) is 0 Å². The van der Waals surface area contributed by atoms with Crippen LogP contribution in [0.4, 0.5) is 4.79 Å². The van der Waals surface area contributed by atoms with Gasteiger partial charge in [-0.05, 0) is 32.6 Å². The molecule has 1 saturated carbocycles. The maximum absolute atomic E-state index is 12.7. The van der Waals surface area contributed by atoms with Crippen molar-refractivity contribution in [3.8, 4) is 0 Å². The number of piperidine rings is 1. The van der Waals surface area contributed by atoms with Gasteiger partial charge in [-0.15, -0.1) is 0 Å². The summed E-state index contributed by atoms with van der Waals surface area (Å²) in [5.41, 5.74) is 0. The zero-order valence-corrected chi connectivity index (χ0v) is 18.2. The van der Waals surface area contributed by atoms with Gasteiger partial charge < -0.3 is 14.5 Å². The minimum absolute atomic E-state index is 0.154. The van der Waals surface area contributed by atoms with Gasteiger partial charge in [0.1, 0.15) is 0 Å². The number of ether oxygens (including phenoxy) is 1. The zero-order valence-electron chi connectivity index (χ0n) is 17.3. The summed E-state index contributed by atoms with van der Waals surface area (Å²) in [5, 5.41) is 0. The van der Waals surface area contributed by atoms with Crippen LogP contribution in [0.1, 0.15) is 51.9 Å². The average Bonchev–Trinajstić information content (AvgIpc) is 2.74. The minimum atomic E-state index is -3.60. The summed E-state index contributed by atoms with van der Waals surface area (Å²) in [5.74, 6) is 0.411. The van der Waals surface area contributed by atoms with Crippen LogP contribution in [0.3, 0.4) is 0 Å². The number of likely N-dealkylation sites (tertiary alicyclic amines) is 1. The van der Waals surface area contributed by atoms with Crippen LogP contribution in [0.15, 0.2) is 0 Å². The van der Waals surface area contributed by atoms with E-state index in [0.717, 1.165) is 25.7 Å². The average molecular weight is 431 g/mol. The van der Waals surface area contributed by atoms with Crippen LogP contribution in [0.5, 0.6) is 0 Å². The van der Waals surface area contributed by atoms with E-state index in [1.807, 2.05) is 4.90 Å². The Bertz CT molecular complexity index is 664. The summed E-state index contributed by atoms with van der Waals surface area (Å²) < 4.78 is 34.6. The van der Waals surface area contributed by atoms with E-state index in [4.69, 9.17) is 4.74 Å². The Hall–Kier alpha value is -1.39. The molecule has 0 atom stereocenters. The number of rotatable bonds is 5. The summed E-state index contributed by atoms with van der Waals surface area (Å²) in [4.78, 5) is 27.9. The first kappa shape index (κ1) is 22.3. The molecule has 0 unspecified atom stereocenters. The van der Waals surface area contributed by atoms with E-state index in [0.29, 0.717) is 45.6 Å². The third-order valence-corrected chi connectivity index (χ3v) is 7.86. The van der Waals surface area contributed by atoms with Crippen molar-refractivity contribution in [1.29, 1.82) is 0 Å². The van der Waals surface area contributed by atoms with Crippen molar-refractivity contribution in [2.24, 2.45) is 5.92 Å². The number of hydrogen-bond donors (Lipinski definition) is 1. The number of amides is 2. The standard InChI is InChI=1S/C19H34N4O5S/c1-2-28-19(25)22-12-14-23(15-13-22)29(26,27)20-17-8-10-21(11-9-17)18(24)16-6-4-3-5-7-16/h16-17,20H,2-15H2,1H3. The molecule has 1 aliphatic carbocycles. The topological polar surface area (TPSA) is 99.3 Å². The molecular weight excluding hydrogens is 396 g/mol. The zero-order chi connectivity index (χ0) is 20.9. The molecule has 0 bridgehead atoms. The van der Waals surface area contributed by atoms with Gasteiger partial charge in [0.15, 0.2) is 0 Å². The van der Waals surface area contributed by atoms with Gasteiger partial charge in [-0.1, -0.05) is 19.3 Å². The smallest absolute Gasteiger partial charge is 0.409 e. The molecule has 3 aliphatic rings. The number of nitrogens with zero attached hydrogens (tertiary/aromatic N) is 3. The van der Waals surface area contributed by atoms with Crippen molar-refractivity contribution in [3.63, 3.8) is 0 Å². The highest BCUT2D eigenvalue weighted by Crippen LogP contribution is 2.26. The molecule has 3 fully saturated rings. The lowest BCUT2D eigenvalue weighted by Crippen LogP contribution is -2.56. The van der Waals surface area contributed by atoms with Crippen molar-refractivity contribution in [1.82, 2.24) is 18.8 Å². The lowest BCUT2D eigenvalue weighted by Gasteiger charge is -2.37. The Morgan fingerprint density at radius 1 is 0.897 bits per heavy atom. The molecule has 3 rings (SSSR count). The largest absolute Gasteiger partial charge is 0.450 e. The van der Waals surface area contributed by atoms with Gasteiger partial charge in [-0.2, -0.15) is 17.4 Å². The summed E-state index contributed by atoms with van der Waals surface area (Å²) in [6.45, 7) is 4.44. The number of hydrogen-bond acceptors (Lipinski definition) is 5. The van der Waals surface area contributed by atoms with Gasteiger partial charge in [0.2, 0.25) is 5.91 Å². The van der Waals surface area contributed by atoms with E-state index in [-0.39, 0.29) is 31.0 Å². The van der Waals surface area contributed by atoms with Crippen LogP contribution in [0, 0.1) is 5.92 Å². The molecule has 0 radical (unpaired) electrons. The molecule has 0 aromatic carbocycles. The van der Waals surface area contributed by atoms with Crippen LogP contribution in [0.25, 0.3) is 0 Å². The highest BCUT2D eigenvalue weighted by Gasteiger charge is 2.34. The lowest BCUT2D eigenvalue weighted by molar-refractivity contribution is -0.137. The first-order chi connectivity index (χ1) is 13.9. The van der Waals surface area contributed by atoms with E-state index in [1.54, 1.807) is 6.92 Å². The normalized spacial score (nSPS) is 23.2. The fraction of sp³-hybridized carbons (Fsp3) is 0.895. The van der Waals surface area contributed by atoms with Gasteiger partial charge in [-0.3, -0.25) is 4.79 Å². The third kappa shape index (κ3) is 5.82. The molecule has 1 N–H and O–H groups in total. The SMILES string of the molecule is CCOC(=O)N1CCN(S(=O)(=O)NC2CCN(C(=O)C3CCCCC3)CC2)CC1. The van der Waals surface area contributed by atoms with Crippen molar-refractivity contribution in [2.75, 3.05) is 45.9 Å². The second-order valence-electron chi connectivity index (χ2n) is 8.14. The molecular formula is C19H34N4O5S. The molecule has 0 aromatic heterocycles. The van der Waals surface area contributed by atoms with Crippen molar-refractivity contribution >= 4 is 22.2 Å². The Labute approximate surface area is 173 Å². The van der Waals surface area contributed by atoms with Crippen molar-refractivity contribution in [3.05, 3.63) is 0 Å². The number of piperazine rings is 1. The van der Waals surface area contributed by atoms with Crippen LogP contribution in [-0.2, 0) is 19.7 Å². The predicted molar refractivity (Wildman–Crippen MR) is 108 cm³/mol. The predicted octanol–water partition coefficient (Wildman–Crippen LogP) is 1.17. The molecule has 2 heterocycles. The van der Waals surface area contributed by atoms with E-state index in [9.17, 15) is 18.0 Å². The summed E-state index contributed by atoms with van der Waals surface area (Å²) in [6.07, 6.45) is 6.36. The summed E-state index contributed by atoms with van der Waals surface area (Å²) in [6, 6.07) is -0.154. The molecule has 9 nitrogen and oxygen atoms in total. The summed E-state index contributed by atoms with van der Waals surface area (Å²) >= 11 is 0. The molecule has 0 spiro atoms.